The first-order chi connectivity index (χ1) is 11.4. The zero-order chi connectivity index (χ0) is 17.7. The van der Waals surface area contributed by atoms with E-state index in [4.69, 9.17) is 21.1 Å². The predicted molar refractivity (Wildman–Crippen MR) is 91.8 cm³/mol. The summed E-state index contributed by atoms with van der Waals surface area (Å²) >= 11 is 6.20. The van der Waals surface area contributed by atoms with Gasteiger partial charge in [0.1, 0.15) is 0 Å². The molecule has 2 rings (SSSR count). The van der Waals surface area contributed by atoms with Crippen molar-refractivity contribution in [2.45, 2.75) is 32.8 Å². The first-order valence-corrected chi connectivity index (χ1v) is 8.40. The fourth-order valence-corrected chi connectivity index (χ4v) is 2.41. The summed E-state index contributed by atoms with van der Waals surface area (Å²) in [6.07, 6.45) is 1.86. The van der Waals surface area contributed by atoms with Crippen LogP contribution in [0.1, 0.15) is 37.0 Å². The highest BCUT2D eigenvalue weighted by Crippen LogP contribution is 2.37. The third-order valence-corrected chi connectivity index (χ3v) is 3.78. The number of ether oxygens (including phenoxy) is 2. The molecular formula is C17H23ClN2O4. The normalized spacial score (nSPS) is 13.5. The van der Waals surface area contributed by atoms with Crippen molar-refractivity contribution in [1.29, 1.82) is 0 Å². The van der Waals surface area contributed by atoms with Gasteiger partial charge in [-0.1, -0.05) is 11.6 Å². The molecular weight excluding hydrogens is 332 g/mol. The van der Waals surface area contributed by atoms with Crippen molar-refractivity contribution in [3.05, 3.63) is 22.7 Å². The van der Waals surface area contributed by atoms with E-state index in [1.165, 1.54) is 7.11 Å². The molecule has 132 valence electrons. The highest BCUT2D eigenvalue weighted by atomic mass is 35.5. The summed E-state index contributed by atoms with van der Waals surface area (Å²) in [5.41, 5.74) is 0.376. The number of hydrogen-bond acceptors (Lipinski definition) is 4. The van der Waals surface area contributed by atoms with E-state index in [0.717, 1.165) is 12.8 Å². The van der Waals surface area contributed by atoms with Gasteiger partial charge in [0, 0.05) is 24.6 Å². The van der Waals surface area contributed by atoms with E-state index in [-0.39, 0.29) is 23.8 Å². The van der Waals surface area contributed by atoms with E-state index >= 15 is 0 Å². The van der Waals surface area contributed by atoms with Crippen LogP contribution in [0.15, 0.2) is 12.1 Å². The second kappa shape index (κ2) is 8.24. The zero-order valence-corrected chi connectivity index (χ0v) is 14.9. The minimum Gasteiger partial charge on any atom is -0.493 e. The monoisotopic (exact) mass is 354 g/mol. The van der Waals surface area contributed by atoms with Crippen LogP contribution in [-0.2, 0) is 4.79 Å². The highest BCUT2D eigenvalue weighted by Gasteiger charge is 2.29. The Hall–Kier alpha value is -1.95. The van der Waals surface area contributed by atoms with E-state index in [0.29, 0.717) is 35.2 Å². The van der Waals surface area contributed by atoms with Gasteiger partial charge in [-0.15, -0.1) is 0 Å². The number of amides is 2. The van der Waals surface area contributed by atoms with Crippen LogP contribution >= 0.6 is 11.6 Å². The van der Waals surface area contributed by atoms with Gasteiger partial charge < -0.3 is 20.1 Å². The van der Waals surface area contributed by atoms with E-state index in [1.807, 2.05) is 13.8 Å². The zero-order valence-electron chi connectivity index (χ0n) is 14.1. The summed E-state index contributed by atoms with van der Waals surface area (Å²) < 4.78 is 10.9. The molecule has 0 spiro atoms. The second-order valence-electron chi connectivity index (χ2n) is 5.98. The van der Waals surface area contributed by atoms with E-state index in [2.05, 4.69) is 10.6 Å². The standard InChI is InChI=1S/C17H23ClN2O4/c1-10(2)24-15-13(18)8-12(9-14(15)23-3)17(22)20-7-6-19-16(21)11-4-5-11/h8-11H,4-7H2,1-3H3,(H,19,21)(H,20,22). The van der Waals surface area contributed by atoms with Gasteiger partial charge in [0.05, 0.1) is 18.2 Å². The van der Waals surface area contributed by atoms with Gasteiger partial charge in [-0.25, -0.2) is 0 Å². The molecule has 0 atom stereocenters. The number of halogens is 1. The van der Waals surface area contributed by atoms with E-state index < -0.39 is 0 Å². The van der Waals surface area contributed by atoms with Crippen molar-refractivity contribution >= 4 is 23.4 Å². The van der Waals surface area contributed by atoms with Gasteiger partial charge >= 0.3 is 0 Å². The molecule has 0 unspecified atom stereocenters. The number of benzene rings is 1. The van der Waals surface area contributed by atoms with Crippen LogP contribution in [-0.4, -0.2) is 38.1 Å². The third-order valence-electron chi connectivity index (χ3n) is 3.50. The second-order valence-corrected chi connectivity index (χ2v) is 6.38. The van der Waals surface area contributed by atoms with E-state index in [9.17, 15) is 9.59 Å². The molecule has 1 aromatic rings. The van der Waals surface area contributed by atoms with Gasteiger partial charge in [-0.05, 0) is 38.8 Å². The molecule has 0 aliphatic heterocycles. The fraction of sp³-hybridized carbons (Fsp3) is 0.529. The molecule has 0 saturated heterocycles. The minimum atomic E-state index is -0.285. The van der Waals surface area contributed by atoms with Crippen molar-refractivity contribution in [1.82, 2.24) is 10.6 Å². The molecule has 1 fully saturated rings. The number of nitrogens with one attached hydrogen (secondary N) is 2. The van der Waals surface area contributed by atoms with Crippen LogP contribution in [0, 0.1) is 5.92 Å². The van der Waals surface area contributed by atoms with Gasteiger partial charge in [0.25, 0.3) is 5.91 Å². The van der Waals surface area contributed by atoms with Gasteiger partial charge in [0.2, 0.25) is 5.91 Å². The third kappa shape index (κ3) is 5.03. The Morgan fingerprint density at radius 1 is 1.25 bits per heavy atom. The van der Waals surface area contributed by atoms with Crippen molar-refractivity contribution in [3.63, 3.8) is 0 Å². The van der Waals surface area contributed by atoms with Crippen LogP contribution in [0.25, 0.3) is 0 Å². The molecule has 2 amide bonds. The lowest BCUT2D eigenvalue weighted by atomic mass is 10.2. The maximum absolute atomic E-state index is 12.2. The predicted octanol–water partition coefficient (Wildman–Crippen LogP) is 2.39. The van der Waals surface area contributed by atoms with Crippen LogP contribution < -0.4 is 20.1 Å². The molecule has 1 aliphatic rings. The Balaban J connectivity index is 1.93. The Bertz CT molecular complexity index is 615. The Morgan fingerprint density at radius 3 is 2.50 bits per heavy atom. The number of carbonyl (C=O) groups excluding carboxylic acids is 2. The molecule has 1 aromatic carbocycles. The SMILES string of the molecule is COc1cc(C(=O)NCCNC(=O)C2CC2)cc(Cl)c1OC(C)C. The maximum Gasteiger partial charge on any atom is 0.251 e. The quantitative estimate of drug-likeness (QED) is 0.703. The summed E-state index contributed by atoms with van der Waals surface area (Å²) in [4.78, 5) is 23.7. The Labute approximate surface area is 146 Å². The van der Waals surface area contributed by atoms with Crippen LogP contribution in [0.4, 0.5) is 0 Å². The number of rotatable bonds is 8. The number of methoxy groups -OCH3 is 1. The molecule has 0 radical (unpaired) electrons. The van der Waals surface area contributed by atoms with Crippen molar-refractivity contribution in [2.24, 2.45) is 5.92 Å². The molecule has 6 nitrogen and oxygen atoms in total. The summed E-state index contributed by atoms with van der Waals surface area (Å²) in [6, 6.07) is 3.13. The van der Waals surface area contributed by atoms with Crippen LogP contribution in [0.3, 0.4) is 0 Å². The van der Waals surface area contributed by atoms with Crippen molar-refractivity contribution < 1.29 is 19.1 Å². The largest absolute Gasteiger partial charge is 0.493 e. The first-order valence-electron chi connectivity index (χ1n) is 8.02. The smallest absolute Gasteiger partial charge is 0.251 e. The maximum atomic E-state index is 12.2. The minimum absolute atomic E-state index is 0.0594. The van der Waals surface area contributed by atoms with Gasteiger partial charge in [-0.2, -0.15) is 0 Å². The summed E-state index contributed by atoms with van der Waals surface area (Å²) in [6.45, 7) is 4.51. The summed E-state index contributed by atoms with van der Waals surface area (Å²) in [7, 11) is 1.49. The van der Waals surface area contributed by atoms with Crippen molar-refractivity contribution in [3.8, 4) is 11.5 Å². The molecule has 24 heavy (non-hydrogen) atoms. The highest BCUT2D eigenvalue weighted by molar-refractivity contribution is 6.32. The molecule has 7 heteroatoms. The molecule has 1 saturated carbocycles. The van der Waals surface area contributed by atoms with Crippen molar-refractivity contribution in [2.75, 3.05) is 20.2 Å². The molecule has 2 N–H and O–H groups in total. The molecule has 0 heterocycles. The lowest BCUT2D eigenvalue weighted by molar-refractivity contribution is -0.122. The molecule has 0 aromatic heterocycles. The average molecular weight is 355 g/mol. The number of hydrogen-bond donors (Lipinski definition) is 2. The van der Waals surface area contributed by atoms with Crippen LogP contribution in [0.5, 0.6) is 11.5 Å². The Morgan fingerprint density at radius 2 is 1.92 bits per heavy atom. The topological polar surface area (TPSA) is 76.7 Å². The average Bonchev–Trinajstić information content (AvgIpc) is 3.37. The lowest BCUT2D eigenvalue weighted by Gasteiger charge is -2.16. The van der Waals surface area contributed by atoms with Gasteiger partial charge in [0.15, 0.2) is 11.5 Å². The fourth-order valence-electron chi connectivity index (χ4n) is 2.15. The summed E-state index contributed by atoms with van der Waals surface area (Å²) in [5, 5.41) is 5.85. The summed E-state index contributed by atoms with van der Waals surface area (Å²) in [5.74, 6) is 0.763. The van der Waals surface area contributed by atoms with Crippen LogP contribution in [0.2, 0.25) is 5.02 Å². The first kappa shape index (κ1) is 18.4. The molecule has 0 bridgehead atoms. The molecule has 1 aliphatic carbocycles. The lowest BCUT2D eigenvalue weighted by Crippen LogP contribution is -2.35. The van der Waals surface area contributed by atoms with Gasteiger partial charge in [-0.3, -0.25) is 9.59 Å². The van der Waals surface area contributed by atoms with E-state index in [1.54, 1.807) is 12.1 Å². The Kier molecular flexibility index (Phi) is 6.31. The number of carbonyl (C=O) groups is 2.